The Bertz CT molecular complexity index is 544. The number of halogens is 2. The van der Waals surface area contributed by atoms with Crippen LogP contribution in [-0.2, 0) is 7.05 Å². The van der Waals surface area contributed by atoms with Gasteiger partial charge < -0.3 is 15.0 Å². The molecule has 2 aromatic rings. The van der Waals surface area contributed by atoms with Gasteiger partial charge in [-0.05, 0) is 34.1 Å². The topological polar surface area (TPSA) is 50.1 Å². The normalized spacial score (nSPS) is 12.4. The minimum Gasteiger partial charge on any atom is -0.394 e. The Morgan fingerprint density at radius 1 is 1.56 bits per heavy atom. The van der Waals surface area contributed by atoms with E-state index >= 15 is 0 Å². The van der Waals surface area contributed by atoms with Crippen molar-refractivity contribution in [3.63, 3.8) is 0 Å². The fraction of sp³-hybridized carbons (Fsp3) is 0.250. The summed E-state index contributed by atoms with van der Waals surface area (Å²) in [5.74, 6) is 0. The van der Waals surface area contributed by atoms with Crippen molar-refractivity contribution in [2.75, 3.05) is 11.9 Å². The minimum absolute atomic E-state index is 0.0141. The molecular weight excluding hydrogens is 318 g/mol. The van der Waals surface area contributed by atoms with Crippen molar-refractivity contribution in [1.82, 2.24) is 9.55 Å². The number of nitrogens with one attached hydrogen (secondary N) is 1. The summed E-state index contributed by atoms with van der Waals surface area (Å²) in [4.78, 5) is 4.05. The van der Waals surface area contributed by atoms with E-state index < -0.39 is 0 Å². The van der Waals surface area contributed by atoms with Gasteiger partial charge in [0.1, 0.15) is 0 Å². The standard InChI is InChI=1S/C12H13BrClN3O/c1-17-7-15-5-12(17)11(6-18)16-8-2-3-10(14)9(13)4-8/h2-5,7,11,16,18H,6H2,1H3. The molecule has 1 heterocycles. The number of imidazole rings is 1. The molecule has 0 aliphatic carbocycles. The van der Waals surface area contributed by atoms with Gasteiger partial charge in [-0.1, -0.05) is 11.6 Å². The number of aryl methyl sites for hydroxylation is 1. The predicted octanol–water partition coefficient (Wildman–Crippen LogP) is 2.98. The smallest absolute Gasteiger partial charge is 0.0946 e. The van der Waals surface area contributed by atoms with Crippen molar-refractivity contribution in [3.05, 3.63) is 45.9 Å². The zero-order valence-corrected chi connectivity index (χ0v) is 12.1. The Labute approximate surface area is 119 Å². The van der Waals surface area contributed by atoms with Gasteiger partial charge in [0.25, 0.3) is 0 Å². The molecule has 1 aromatic heterocycles. The third kappa shape index (κ3) is 2.85. The van der Waals surface area contributed by atoms with Crippen molar-refractivity contribution in [2.24, 2.45) is 7.05 Å². The Morgan fingerprint density at radius 2 is 2.33 bits per heavy atom. The number of anilines is 1. The number of nitrogens with zero attached hydrogens (tertiary/aromatic N) is 2. The van der Waals surface area contributed by atoms with Gasteiger partial charge >= 0.3 is 0 Å². The predicted molar refractivity (Wildman–Crippen MR) is 75.8 cm³/mol. The first-order valence-electron chi connectivity index (χ1n) is 5.40. The monoisotopic (exact) mass is 329 g/mol. The molecule has 0 saturated carbocycles. The molecule has 0 amide bonds. The highest BCUT2D eigenvalue weighted by Gasteiger charge is 2.14. The molecule has 2 rings (SSSR count). The maximum absolute atomic E-state index is 9.47. The lowest BCUT2D eigenvalue weighted by molar-refractivity contribution is 0.272. The van der Waals surface area contributed by atoms with E-state index in [-0.39, 0.29) is 12.6 Å². The van der Waals surface area contributed by atoms with Crippen LogP contribution in [0.4, 0.5) is 5.69 Å². The van der Waals surface area contributed by atoms with Crippen LogP contribution in [0.5, 0.6) is 0 Å². The van der Waals surface area contributed by atoms with Gasteiger partial charge in [0.05, 0.1) is 35.9 Å². The molecule has 4 nitrogen and oxygen atoms in total. The van der Waals surface area contributed by atoms with Gasteiger partial charge in [0.2, 0.25) is 0 Å². The largest absolute Gasteiger partial charge is 0.394 e. The SMILES string of the molecule is Cn1cncc1C(CO)Nc1ccc(Cl)c(Br)c1. The Hall–Kier alpha value is -1.04. The average Bonchev–Trinajstić information content (AvgIpc) is 2.77. The maximum atomic E-state index is 9.47. The van der Waals surface area contributed by atoms with Crippen LogP contribution in [0.2, 0.25) is 5.02 Å². The van der Waals surface area contributed by atoms with Gasteiger partial charge in [0, 0.05) is 17.2 Å². The summed E-state index contributed by atoms with van der Waals surface area (Å²) in [6.45, 7) is -0.0141. The molecule has 0 bridgehead atoms. The Morgan fingerprint density at radius 3 is 2.89 bits per heavy atom. The number of aromatic nitrogens is 2. The second kappa shape index (κ2) is 5.73. The molecular formula is C12H13BrClN3O. The fourth-order valence-corrected chi connectivity index (χ4v) is 2.20. The van der Waals surface area contributed by atoms with Gasteiger partial charge in [-0.3, -0.25) is 0 Å². The molecule has 0 saturated heterocycles. The molecule has 0 fully saturated rings. The van der Waals surface area contributed by atoms with Crippen LogP contribution in [0.25, 0.3) is 0 Å². The summed E-state index contributed by atoms with van der Waals surface area (Å²) in [7, 11) is 1.89. The molecule has 18 heavy (non-hydrogen) atoms. The average molecular weight is 331 g/mol. The van der Waals surface area contributed by atoms with Crippen LogP contribution < -0.4 is 5.32 Å². The second-order valence-electron chi connectivity index (χ2n) is 3.94. The molecule has 2 N–H and O–H groups in total. The summed E-state index contributed by atoms with van der Waals surface area (Å²) in [5, 5.41) is 13.4. The number of aliphatic hydroxyl groups is 1. The van der Waals surface area contributed by atoms with Gasteiger partial charge in [-0.15, -0.1) is 0 Å². The third-order valence-electron chi connectivity index (χ3n) is 2.65. The van der Waals surface area contributed by atoms with E-state index in [1.165, 1.54) is 0 Å². The first-order chi connectivity index (χ1) is 8.61. The van der Waals surface area contributed by atoms with E-state index in [1.807, 2.05) is 23.7 Å². The van der Waals surface area contributed by atoms with Gasteiger partial charge in [-0.2, -0.15) is 0 Å². The Kier molecular flexibility index (Phi) is 4.27. The molecule has 1 atom stereocenters. The second-order valence-corrected chi connectivity index (χ2v) is 5.20. The van der Waals surface area contributed by atoms with Crippen LogP contribution in [0, 0.1) is 0 Å². The number of rotatable bonds is 4. The zero-order valence-electron chi connectivity index (χ0n) is 9.77. The van der Waals surface area contributed by atoms with Crippen molar-refractivity contribution in [1.29, 1.82) is 0 Å². The number of aliphatic hydroxyl groups excluding tert-OH is 1. The van der Waals surface area contributed by atoms with E-state index in [9.17, 15) is 5.11 Å². The van der Waals surface area contributed by atoms with Crippen molar-refractivity contribution < 1.29 is 5.11 Å². The molecule has 6 heteroatoms. The first-order valence-corrected chi connectivity index (χ1v) is 6.57. The van der Waals surface area contributed by atoms with Crippen LogP contribution in [0.1, 0.15) is 11.7 Å². The summed E-state index contributed by atoms with van der Waals surface area (Å²) in [6, 6.07) is 5.34. The van der Waals surface area contributed by atoms with Crippen LogP contribution in [-0.4, -0.2) is 21.3 Å². The van der Waals surface area contributed by atoms with E-state index in [0.29, 0.717) is 5.02 Å². The summed E-state index contributed by atoms with van der Waals surface area (Å²) >= 11 is 9.31. The molecule has 1 unspecified atom stereocenters. The van der Waals surface area contributed by atoms with Crippen molar-refractivity contribution >= 4 is 33.2 Å². The Balaban J connectivity index is 2.20. The highest BCUT2D eigenvalue weighted by atomic mass is 79.9. The molecule has 0 spiro atoms. The van der Waals surface area contributed by atoms with E-state index in [2.05, 4.69) is 26.2 Å². The first kappa shape index (κ1) is 13.4. The lowest BCUT2D eigenvalue weighted by Gasteiger charge is -2.18. The lowest BCUT2D eigenvalue weighted by atomic mass is 10.2. The van der Waals surface area contributed by atoms with E-state index in [4.69, 9.17) is 11.6 Å². The van der Waals surface area contributed by atoms with Crippen LogP contribution in [0.15, 0.2) is 35.2 Å². The molecule has 0 radical (unpaired) electrons. The van der Waals surface area contributed by atoms with Crippen LogP contribution >= 0.6 is 27.5 Å². The minimum atomic E-state index is -0.203. The zero-order chi connectivity index (χ0) is 13.1. The number of hydrogen-bond acceptors (Lipinski definition) is 3. The summed E-state index contributed by atoms with van der Waals surface area (Å²) in [5.41, 5.74) is 1.80. The maximum Gasteiger partial charge on any atom is 0.0946 e. The molecule has 0 aliphatic rings. The molecule has 96 valence electrons. The quantitative estimate of drug-likeness (QED) is 0.906. The third-order valence-corrected chi connectivity index (χ3v) is 3.87. The summed E-state index contributed by atoms with van der Waals surface area (Å²) in [6.07, 6.45) is 3.44. The molecule has 1 aromatic carbocycles. The number of hydrogen-bond donors (Lipinski definition) is 2. The van der Waals surface area contributed by atoms with Crippen molar-refractivity contribution in [3.8, 4) is 0 Å². The van der Waals surface area contributed by atoms with E-state index in [1.54, 1.807) is 18.6 Å². The van der Waals surface area contributed by atoms with Crippen molar-refractivity contribution in [2.45, 2.75) is 6.04 Å². The highest BCUT2D eigenvalue weighted by Crippen LogP contribution is 2.27. The van der Waals surface area contributed by atoms with E-state index in [0.717, 1.165) is 15.9 Å². The summed E-state index contributed by atoms with van der Waals surface area (Å²) < 4.78 is 2.69. The lowest BCUT2D eigenvalue weighted by Crippen LogP contribution is -2.17. The highest BCUT2D eigenvalue weighted by molar-refractivity contribution is 9.10. The fourth-order valence-electron chi connectivity index (χ4n) is 1.70. The van der Waals surface area contributed by atoms with Gasteiger partial charge in [-0.25, -0.2) is 4.98 Å². The molecule has 0 aliphatic heterocycles. The van der Waals surface area contributed by atoms with Crippen LogP contribution in [0.3, 0.4) is 0 Å². The van der Waals surface area contributed by atoms with Gasteiger partial charge in [0.15, 0.2) is 0 Å². The number of benzene rings is 1.